The Kier molecular flexibility index (Phi) is 3.76. The predicted molar refractivity (Wildman–Crippen MR) is 86.2 cm³/mol. The maximum atomic E-state index is 4.51. The molecule has 3 rings (SSSR count). The fourth-order valence-electron chi connectivity index (χ4n) is 2.09. The van der Waals surface area contributed by atoms with Gasteiger partial charge in [0.15, 0.2) is 5.65 Å². The van der Waals surface area contributed by atoms with Gasteiger partial charge in [-0.1, -0.05) is 19.9 Å². The number of fused-ring (bicyclic) bond motifs is 1. The van der Waals surface area contributed by atoms with Crippen molar-refractivity contribution in [2.45, 2.75) is 19.9 Å². The number of hydrogen-bond acceptors (Lipinski definition) is 4. The van der Waals surface area contributed by atoms with Crippen molar-refractivity contribution in [2.24, 2.45) is 5.92 Å². The van der Waals surface area contributed by atoms with Gasteiger partial charge in [0.05, 0.1) is 6.04 Å². The molecule has 0 aliphatic heterocycles. The summed E-state index contributed by atoms with van der Waals surface area (Å²) in [6, 6.07) is 8.36. The Morgan fingerprint density at radius 1 is 1.30 bits per heavy atom. The molecular weight excluding hydrogens is 336 g/mol. The van der Waals surface area contributed by atoms with Crippen molar-refractivity contribution in [3.8, 4) is 0 Å². The average molecular weight is 351 g/mol. The van der Waals surface area contributed by atoms with Crippen LogP contribution in [0.2, 0.25) is 0 Å². The molecule has 0 saturated carbocycles. The number of nitrogens with one attached hydrogen (secondary N) is 1. The van der Waals surface area contributed by atoms with E-state index in [1.807, 2.05) is 18.3 Å². The lowest BCUT2D eigenvalue weighted by molar-refractivity contribution is 0.550. The summed E-state index contributed by atoms with van der Waals surface area (Å²) in [7, 11) is 0. The van der Waals surface area contributed by atoms with Gasteiger partial charge in [-0.3, -0.25) is 0 Å². The van der Waals surface area contributed by atoms with Gasteiger partial charge in [0, 0.05) is 15.5 Å². The van der Waals surface area contributed by atoms with Crippen LogP contribution in [0.15, 0.2) is 40.3 Å². The first-order valence-electron chi connectivity index (χ1n) is 6.45. The highest BCUT2D eigenvalue weighted by Crippen LogP contribution is 2.28. The standard InChI is InChI=1S/C14H15BrN4S/c1-9(2)13(11-4-3-7-20-11)17-14-16-12-6-5-10(15)8-19(12)18-14/h3-9,13H,1-2H3,(H,17,18). The van der Waals surface area contributed by atoms with E-state index in [0.717, 1.165) is 10.1 Å². The lowest BCUT2D eigenvalue weighted by Crippen LogP contribution is -2.16. The zero-order valence-electron chi connectivity index (χ0n) is 11.2. The third-order valence-corrected chi connectivity index (χ3v) is 4.52. The van der Waals surface area contributed by atoms with Gasteiger partial charge in [0.1, 0.15) is 0 Å². The molecular formula is C14H15BrN4S. The number of thiophene rings is 1. The molecule has 3 aromatic rings. The van der Waals surface area contributed by atoms with Gasteiger partial charge < -0.3 is 5.32 Å². The van der Waals surface area contributed by atoms with Crippen molar-refractivity contribution in [3.05, 3.63) is 45.2 Å². The van der Waals surface area contributed by atoms with Crippen LogP contribution >= 0.6 is 27.3 Å². The summed E-state index contributed by atoms with van der Waals surface area (Å²) in [5.74, 6) is 1.13. The number of aromatic nitrogens is 3. The van der Waals surface area contributed by atoms with Gasteiger partial charge in [-0.15, -0.1) is 16.4 Å². The Morgan fingerprint density at radius 3 is 2.85 bits per heavy atom. The molecule has 4 nitrogen and oxygen atoms in total. The van der Waals surface area contributed by atoms with E-state index in [1.54, 1.807) is 15.9 Å². The first-order valence-corrected chi connectivity index (χ1v) is 8.12. The zero-order valence-corrected chi connectivity index (χ0v) is 13.6. The Labute approximate surface area is 130 Å². The Balaban J connectivity index is 1.90. The Morgan fingerprint density at radius 2 is 2.15 bits per heavy atom. The fourth-order valence-corrected chi connectivity index (χ4v) is 3.37. The molecule has 0 spiro atoms. The van der Waals surface area contributed by atoms with Crippen molar-refractivity contribution in [3.63, 3.8) is 0 Å². The lowest BCUT2D eigenvalue weighted by Gasteiger charge is -2.20. The fraction of sp³-hybridized carbons (Fsp3) is 0.286. The number of hydrogen-bond donors (Lipinski definition) is 1. The van der Waals surface area contributed by atoms with E-state index in [2.05, 4.69) is 62.7 Å². The molecule has 20 heavy (non-hydrogen) atoms. The molecule has 6 heteroatoms. The van der Waals surface area contributed by atoms with Crippen LogP contribution in [0.1, 0.15) is 24.8 Å². The lowest BCUT2D eigenvalue weighted by atomic mass is 10.0. The highest BCUT2D eigenvalue weighted by atomic mass is 79.9. The number of rotatable bonds is 4. The predicted octanol–water partition coefficient (Wildman–Crippen LogP) is 4.36. The van der Waals surface area contributed by atoms with E-state index >= 15 is 0 Å². The smallest absolute Gasteiger partial charge is 0.243 e. The highest BCUT2D eigenvalue weighted by molar-refractivity contribution is 9.10. The second kappa shape index (κ2) is 5.54. The molecule has 3 aromatic heterocycles. The van der Waals surface area contributed by atoms with Gasteiger partial charge in [-0.2, -0.15) is 4.98 Å². The quantitative estimate of drug-likeness (QED) is 0.759. The Hall–Kier alpha value is -1.40. The molecule has 3 heterocycles. The summed E-state index contributed by atoms with van der Waals surface area (Å²) < 4.78 is 2.76. The van der Waals surface area contributed by atoms with Crippen LogP contribution < -0.4 is 5.32 Å². The van der Waals surface area contributed by atoms with E-state index in [4.69, 9.17) is 0 Å². The van der Waals surface area contributed by atoms with Crippen molar-refractivity contribution >= 4 is 38.9 Å². The van der Waals surface area contributed by atoms with Crippen molar-refractivity contribution < 1.29 is 0 Å². The van der Waals surface area contributed by atoms with Crippen LogP contribution in [-0.2, 0) is 0 Å². The summed E-state index contributed by atoms with van der Waals surface area (Å²) in [5, 5.41) is 10.0. The van der Waals surface area contributed by atoms with E-state index in [-0.39, 0.29) is 6.04 Å². The molecule has 0 aliphatic rings. The molecule has 104 valence electrons. The van der Waals surface area contributed by atoms with Crippen molar-refractivity contribution in [1.29, 1.82) is 0 Å². The number of nitrogens with zero attached hydrogens (tertiary/aromatic N) is 3. The number of pyridine rings is 1. The van der Waals surface area contributed by atoms with Gasteiger partial charge in [0.2, 0.25) is 5.95 Å². The van der Waals surface area contributed by atoms with Gasteiger partial charge in [-0.05, 0) is 45.4 Å². The first kappa shape index (κ1) is 13.6. The van der Waals surface area contributed by atoms with E-state index in [9.17, 15) is 0 Å². The van der Waals surface area contributed by atoms with Gasteiger partial charge in [-0.25, -0.2) is 4.52 Å². The third kappa shape index (κ3) is 2.71. The largest absolute Gasteiger partial charge is 0.345 e. The zero-order chi connectivity index (χ0) is 14.1. The number of anilines is 1. The minimum Gasteiger partial charge on any atom is -0.345 e. The molecule has 1 atom stereocenters. The minimum atomic E-state index is 0.232. The molecule has 1 N–H and O–H groups in total. The van der Waals surface area contributed by atoms with Gasteiger partial charge in [0.25, 0.3) is 0 Å². The second-order valence-corrected chi connectivity index (χ2v) is 6.86. The van der Waals surface area contributed by atoms with Gasteiger partial charge >= 0.3 is 0 Å². The van der Waals surface area contributed by atoms with Crippen LogP contribution in [0, 0.1) is 5.92 Å². The minimum absolute atomic E-state index is 0.232. The number of halogens is 1. The molecule has 1 unspecified atom stereocenters. The van der Waals surface area contributed by atoms with E-state index < -0.39 is 0 Å². The van der Waals surface area contributed by atoms with Crippen molar-refractivity contribution in [2.75, 3.05) is 5.32 Å². The van der Waals surface area contributed by atoms with Crippen LogP contribution in [0.3, 0.4) is 0 Å². The summed E-state index contributed by atoms with van der Waals surface area (Å²) in [4.78, 5) is 5.82. The molecule has 0 bridgehead atoms. The monoisotopic (exact) mass is 350 g/mol. The van der Waals surface area contributed by atoms with E-state index in [0.29, 0.717) is 11.9 Å². The summed E-state index contributed by atoms with van der Waals surface area (Å²) in [6.45, 7) is 4.40. The molecule has 0 aromatic carbocycles. The topological polar surface area (TPSA) is 42.2 Å². The molecule has 0 amide bonds. The van der Waals surface area contributed by atoms with Crippen LogP contribution in [0.4, 0.5) is 5.95 Å². The highest BCUT2D eigenvalue weighted by Gasteiger charge is 2.18. The third-order valence-electron chi connectivity index (χ3n) is 3.10. The summed E-state index contributed by atoms with van der Waals surface area (Å²) in [5.41, 5.74) is 0.837. The van der Waals surface area contributed by atoms with Crippen molar-refractivity contribution in [1.82, 2.24) is 14.6 Å². The SMILES string of the molecule is CC(C)C(Nc1nc2ccc(Br)cn2n1)c1cccs1. The maximum Gasteiger partial charge on any atom is 0.243 e. The van der Waals surface area contributed by atoms with E-state index in [1.165, 1.54) is 4.88 Å². The summed E-state index contributed by atoms with van der Waals surface area (Å²) in [6.07, 6.45) is 1.91. The Bertz CT molecular complexity index is 705. The van der Waals surface area contributed by atoms with Crippen LogP contribution in [0.5, 0.6) is 0 Å². The summed E-state index contributed by atoms with van der Waals surface area (Å²) >= 11 is 5.20. The first-order chi connectivity index (χ1) is 9.63. The van der Waals surface area contributed by atoms with Crippen LogP contribution in [0.25, 0.3) is 5.65 Å². The maximum absolute atomic E-state index is 4.51. The second-order valence-electron chi connectivity index (χ2n) is 4.97. The normalized spacial score (nSPS) is 13.0. The van der Waals surface area contributed by atoms with Crippen LogP contribution in [-0.4, -0.2) is 14.6 Å². The molecule has 0 aliphatic carbocycles. The average Bonchev–Trinajstić information content (AvgIpc) is 3.03. The molecule has 0 saturated heterocycles. The molecule has 0 fully saturated rings. The molecule has 0 radical (unpaired) electrons.